The zero-order valence-corrected chi connectivity index (χ0v) is 14.4. The molecule has 0 aliphatic carbocycles. The molecule has 1 aliphatic rings. The average Bonchev–Trinajstić information content (AvgIpc) is 2.60. The summed E-state index contributed by atoms with van der Waals surface area (Å²) < 4.78 is 0. The second-order valence-electron chi connectivity index (χ2n) is 5.79. The lowest BCUT2D eigenvalue weighted by Crippen LogP contribution is -2.56. The number of hydrogen-bond donors (Lipinski definition) is 3. The van der Waals surface area contributed by atoms with Gasteiger partial charge in [-0.15, -0.1) is 0 Å². The molecule has 0 spiro atoms. The largest absolute Gasteiger partial charge is 0.480 e. The Morgan fingerprint density at radius 1 is 1.17 bits per heavy atom. The molecule has 2 rings (SSSR count). The number of benzene rings is 1. The summed E-state index contributed by atoms with van der Waals surface area (Å²) in [7, 11) is 0. The summed E-state index contributed by atoms with van der Waals surface area (Å²) in [5, 5.41) is 15.0. The van der Waals surface area contributed by atoms with Crippen LogP contribution in [0.3, 0.4) is 0 Å². The fraction of sp³-hybridized carbons (Fsp3) is 0.471. The van der Waals surface area contributed by atoms with Crippen molar-refractivity contribution in [1.29, 1.82) is 0 Å². The molecule has 1 heterocycles. The number of rotatable bonds is 6. The van der Waals surface area contributed by atoms with Crippen molar-refractivity contribution in [3.05, 3.63) is 35.4 Å². The molecular formula is C17H22N2O4S. The predicted molar refractivity (Wildman–Crippen MR) is 93.5 cm³/mol. The number of carbonyl (C=O) groups excluding carboxylic acids is 2. The maximum atomic E-state index is 12.5. The van der Waals surface area contributed by atoms with Crippen LogP contribution in [0, 0.1) is 0 Å². The summed E-state index contributed by atoms with van der Waals surface area (Å²) in [5.74, 6) is -0.311. The van der Waals surface area contributed by atoms with Crippen LogP contribution in [0.2, 0.25) is 0 Å². The number of thioether (sulfide) groups is 1. The zero-order chi connectivity index (χ0) is 17.6. The molecule has 0 atom stereocenters. The van der Waals surface area contributed by atoms with E-state index in [1.807, 2.05) is 6.92 Å². The second kappa shape index (κ2) is 8.19. The third kappa shape index (κ3) is 4.29. The van der Waals surface area contributed by atoms with Gasteiger partial charge in [0.25, 0.3) is 11.8 Å². The maximum Gasteiger partial charge on any atom is 0.329 e. The van der Waals surface area contributed by atoms with E-state index in [0.29, 0.717) is 36.5 Å². The van der Waals surface area contributed by atoms with Crippen LogP contribution in [-0.4, -0.2) is 46.5 Å². The van der Waals surface area contributed by atoms with Crippen molar-refractivity contribution < 1.29 is 19.5 Å². The summed E-state index contributed by atoms with van der Waals surface area (Å²) in [4.78, 5) is 36.1. The van der Waals surface area contributed by atoms with Crippen molar-refractivity contribution in [2.45, 2.75) is 31.7 Å². The van der Waals surface area contributed by atoms with Crippen molar-refractivity contribution in [2.75, 3.05) is 18.1 Å². The van der Waals surface area contributed by atoms with E-state index in [4.69, 9.17) is 0 Å². The molecule has 0 aromatic heterocycles. The normalized spacial score (nSPS) is 16.2. The molecule has 2 amide bonds. The van der Waals surface area contributed by atoms with Crippen molar-refractivity contribution in [1.82, 2.24) is 10.6 Å². The quantitative estimate of drug-likeness (QED) is 0.728. The standard InChI is InChI=1S/C17H22N2O4S/c1-2-8-18-14(20)12-4-3-5-13(11-12)15(21)19-17(16(22)23)6-9-24-10-7-17/h3-5,11H,2,6-10H2,1H3,(H,18,20)(H,19,21)(H,22,23). The first-order valence-corrected chi connectivity index (χ1v) is 9.16. The van der Waals surface area contributed by atoms with Gasteiger partial charge >= 0.3 is 5.97 Å². The van der Waals surface area contributed by atoms with Gasteiger partial charge in [-0.25, -0.2) is 4.79 Å². The van der Waals surface area contributed by atoms with Gasteiger partial charge in [0.2, 0.25) is 0 Å². The Bertz CT molecular complexity index is 627. The van der Waals surface area contributed by atoms with Crippen molar-refractivity contribution in [3.63, 3.8) is 0 Å². The number of carboxylic acid groups (broad SMARTS) is 1. The third-order valence-electron chi connectivity index (χ3n) is 4.03. The first-order valence-electron chi connectivity index (χ1n) is 8.00. The Kier molecular flexibility index (Phi) is 6.25. The first-order chi connectivity index (χ1) is 11.5. The predicted octanol–water partition coefficient (Wildman–Crippen LogP) is 1.91. The number of hydrogen-bond acceptors (Lipinski definition) is 4. The topological polar surface area (TPSA) is 95.5 Å². The van der Waals surface area contributed by atoms with Crippen LogP contribution in [0.25, 0.3) is 0 Å². The maximum absolute atomic E-state index is 12.5. The Morgan fingerprint density at radius 3 is 2.38 bits per heavy atom. The highest BCUT2D eigenvalue weighted by molar-refractivity contribution is 7.99. The van der Waals surface area contributed by atoms with Crippen molar-refractivity contribution in [3.8, 4) is 0 Å². The molecule has 7 heteroatoms. The molecule has 6 nitrogen and oxygen atoms in total. The van der Waals surface area contributed by atoms with E-state index in [0.717, 1.165) is 6.42 Å². The zero-order valence-electron chi connectivity index (χ0n) is 13.6. The molecule has 1 saturated heterocycles. The molecule has 130 valence electrons. The smallest absolute Gasteiger partial charge is 0.329 e. The molecule has 0 bridgehead atoms. The van der Waals surface area contributed by atoms with Gasteiger partial charge < -0.3 is 15.7 Å². The molecule has 1 aliphatic heterocycles. The number of nitrogens with one attached hydrogen (secondary N) is 2. The van der Waals surface area contributed by atoms with Gasteiger partial charge in [0.15, 0.2) is 0 Å². The molecule has 0 radical (unpaired) electrons. The van der Waals surface area contributed by atoms with Crippen LogP contribution in [-0.2, 0) is 4.79 Å². The van der Waals surface area contributed by atoms with Gasteiger partial charge in [-0.05, 0) is 49.0 Å². The van der Waals surface area contributed by atoms with Crippen molar-refractivity contribution >= 4 is 29.5 Å². The molecule has 0 saturated carbocycles. The Hall–Kier alpha value is -2.02. The molecule has 0 unspecified atom stereocenters. The fourth-order valence-corrected chi connectivity index (χ4v) is 3.73. The SMILES string of the molecule is CCCNC(=O)c1cccc(C(=O)NC2(C(=O)O)CCSCC2)c1. The average molecular weight is 350 g/mol. The Morgan fingerprint density at radius 2 is 1.79 bits per heavy atom. The van der Waals surface area contributed by atoms with Crippen LogP contribution in [0.4, 0.5) is 0 Å². The van der Waals surface area contributed by atoms with E-state index in [1.54, 1.807) is 30.0 Å². The lowest BCUT2D eigenvalue weighted by Gasteiger charge is -2.33. The highest BCUT2D eigenvalue weighted by Crippen LogP contribution is 2.27. The van der Waals surface area contributed by atoms with E-state index < -0.39 is 17.4 Å². The molecule has 3 N–H and O–H groups in total. The van der Waals surface area contributed by atoms with E-state index in [9.17, 15) is 19.5 Å². The first kappa shape index (κ1) is 18.3. The minimum Gasteiger partial charge on any atom is -0.480 e. The molecular weight excluding hydrogens is 328 g/mol. The van der Waals surface area contributed by atoms with Crippen LogP contribution in [0.1, 0.15) is 46.9 Å². The van der Waals surface area contributed by atoms with Crippen LogP contribution in [0.5, 0.6) is 0 Å². The number of amides is 2. The summed E-state index contributed by atoms with van der Waals surface area (Å²) >= 11 is 1.68. The van der Waals surface area contributed by atoms with Crippen LogP contribution >= 0.6 is 11.8 Å². The summed E-state index contributed by atoms with van der Waals surface area (Å²) in [5.41, 5.74) is -0.541. The number of carboxylic acids is 1. The van der Waals surface area contributed by atoms with Gasteiger partial charge in [-0.1, -0.05) is 13.0 Å². The highest BCUT2D eigenvalue weighted by Gasteiger charge is 2.41. The van der Waals surface area contributed by atoms with E-state index in [-0.39, 0.29) is 11.5 Å². The third-order valence-corrected chi connectivity index (χ3v) is 5.02. The minimum atomic E-state index is -1.22. The summed E-state index contributed by atoms with van der Waals surface area (Å²) in [6, 6.07) is 6.33. The van der Waals surface area contributed by atoms with Crippen LogP contribution < -0.4 is 10.6 Å². The Labute approximate surface area is 145 Å². The van der Waals surface area contributed by atoms with Gasteiger partial charge in [0.1, 0.15) is 5.54 Å². The highest BCUT2D eigenvalue weighted by atomic mass is 32.2. The summed E-state index contributed by atoms with van der Waals surface area (Å²) in [6.45, 7) is 2.52. The van der Waals surface area contributed by atoms with Gasteiger partial charge in [0, 0.05) is 17.7 Å². The molecule has 1 aromatic rings. The second-order valence-corrected chi connectivity index (χ2v) is 7.02. The fourth-order valence-electron chi connectivity index (χ4n) is 2.54. The summed E-state index contributed by atoms with van der Waals surface area (Å²) in [6.07, 6.45) is 1.62. The van der Waals surface area contributed by atoms with Gasteiger partial charge in [0.05, 0.1) is 0 Å². The number of carbonyl (C=O) groups is 3. The lowest BCUT2D eigenvalue weighted by atomic mass is 9.91. The lowest BCUT2D eigenvalue weighted by molar-refractivity contribution is -0.144. The van der Waals surface area contributed by atoms with Gasteiger partial charge in [-0.2, -0.15) is 11.8 Å². The van der Waals surface area contributed by atoms with E-state index in [1.165, 1.54) is 6.07 Å². The Balaban J connectivity index is 2.14. The van der Waals surface area contributed by atoms with Crippen LogP contribution in [0.15, 0.2) is 24.3 Å². The number of aliphatic carboxylic acids is 1. The van der Waals surface area contributed by atoms with Gasteiger partial charge in [-0.3, -0.25) is 9.59 Å². The van der Waals surface area contributed by atoms with Crippen molar-refractivity contribution in [2.24, 2.45) is 0 Å². The minimum absolute atomic E-state index is 0.242. The molecule has 24 heavy (non-hydrogen) atoms. The monoisotopic (exact) mass is 350 g/mol. The van der Waals surface area contributed by atoms with E-state index in [2.05, 4.69) is 10.6 Å². The molecule has 1 aromatic carbocycles. The molecule has 1 fully saturated rings. The van der Waals surface area contributed by atoms with E-state index >= 15 is 0 Å².